The summed E-state index contributed by atoms with van der Waals surface area (Å²) in [5.74, 6) is 0.672. The van der Waals surface area contributed by atoms with E-state index in [1.807, 2.05) is 6.92 Å². The van der Waals surface area contributed by atoms with E-state index in [4.69, 9.17) is 0 Å². The van der Waals surface area contributed by atoms with Crippen molar-refractivity contribution < 1.29 is 4.39 Å². The Morgan fingerprint density at radius 1 is 1.38 bits per heavy atom. The average molecular weight is 221 g/mol. The first-order chi connectivity index (χ1) is 7.69. The van der Waals surface area contributed by atoms with Crippen molar-refractivity contribution in [2.45, 2.75) is 39.2 Å². The summed E-state index contributed by atoms with van der Waals surface area (Å²) in [5.41, 5.74) is 2.12. The first kappa shape index (κ1) is 11.6. The molecule has 0 aliphatic carbocycles. The van der Waals surface area contributed by atoms with Crippen molar-refractivity contribution in [3.63, 3.8) is 0 Å². The van der Waals surface area contributed by atoms with Gasteiger partial charge in [0.05, 0.1) is 0 Å². The van der Waals surface area contributed by atoms with Gasteiger partial charge in [0.1, 0.15) is 5.82 Å². The fourth-order valence-electron chi connectivity index (χ4n) is 2.59. The van der Waals surface area contributed by atoms with Crippen LogP contribution in [0.15, 0.2) is 18.2 Å². The molecular weight excluding hydrogens is 201 g/mol. The van der Waals surface area contributed by atoms with Crippen molar-refractivity contribution in [2.75, 3.05) is 6.54 Å². The standard InChI is InChI=1S/C14H20FN/c1-3-11-4-5-16-14(8-11)12-6-10(2)7-13(15)9-12/h6-7,9,11,14,16H,3-5,8H2,1-2H3. The number of nitrogens with one attached hydrogen (secondary N) is 1. The van der Waals surface area contributed by atoms with E-state index in [1.54, 1.807) is 12.1 Å². The average Bonchev–Trinajstić information content (AvgIpc) is 2.28. The van der Waals surface area contributed by atoms with E-state index in [2.05, 4.69) is 18.3 Å². The molecule has 0 spiro atoms. The number of hydrogen-bond donors (Lipinski definition) is 1. The highest BCUT2D eigenvalue weighted by Crippen LogP contribution is 2.29. The highest BCUT2D eigenvalue weighted by molar-refractivity contribution is 5.26. The molecule has 1 nitrogen and oxygen atoms in total. The quantitative estimate of drug-likeness (QED) is 0.804. The van der Waals surface area contributed by atoms with Crippen LogP contribution >= 0.6 is 0 Å². The lowest BCUT2D eigenvalue weighted by atomic mass is 9.87. The van der Waals surface area contributed by atoms with Gasteiger partial charge in [-0.3, -0.25) is 0 Å². The first-order valence-corrected chi connectivity index (χ1v) is 6.19. The Labute approximate surface area is 97.1 Å². The summed E-state index contributed by atoms with van der Waals surface area (Å²) in [5, 5.41) is 3.49. The number of aryl methyl sites for hydroxylation is 1. The molecule has 1 heterocycles. The number of piperidine rings is 1. The summed E-state index contributed by atoms with van der Waals surface area (Å²) in [6, 6.07) is 5.69. The van der Waals surface area contributed by atoms with E-state index < -0.39 is 0 Å². The normalized spacial score (nSPS) is 25.7. The van der Waals surface area contributed by atoms with Gasteiger partial charge in [0.15, 0.2) is 0 Å². The molecule has 2 atom stereocenters. The minimum absolute atomic E-state index is 0.115. The lowest BCUT2D eigenvalue weighted by Gasteiger charge is -2.30. The Hall–Kier alpha value is -0.890. The van der Waals surface area contributed by atoms with E-state index in [9.17, 15) is 4.39 Å². The highest BCUT2D eigenvalue weighted by atomic mass is 19.1. The molecule has 0 aromatic heterocycles. The third-order valence-electron chi connectivity index (χ3n) is 3.56. The minimum Gasteiger partial charge on any atom is -0.310 e. The molecule has 1 aliphatic rings. The zero-order chi connectivity index (χ0) is 11.5. The molecular formula is C14H20FN. The third kappa shape index (κ3) is 2.62. The van der Waals surface area contributed by atoms with Crippen molar-refractivity contribution in [3.05, 3.63) is 35.1 Å². The fraction of sp³-hybridized carbons (Fsp3) is 0.571. The van der Waals surface area contributed by atoms with Crippen LogP contribution in [0.4, 0.5) is 4.39 Å². The summed E-state index contributed by atoms with van der Waals surface area (Å²) in [6.45, 7) is 5.25. The van der Waals surface area contributed by atoms with Crippen LogP contribution in [0.25, 0.3) is 0 Å². The van der Waals surface area contributed by atoms with Crippen LogP contribution in [0, 0.1) is 18.7 Å². The van der Waals surface area contributed by atoms with E-state index in [-0.39, 0.29) is 5.82 Å². The van der Waals surface area contributed by atoms with Crippen LogP contribution in [-0.2, 0) is 0 Å². The maximum atomic E-state index is 13.3. The van der Waals surface area contributed by atoms with Crippen LogP contribution in [-0.4, -0.2) is 6.54 Å². The topological polar surface area (TPSA) is 12.0 Å². The maximum Gasteiger partial charge on any atom is 0.123 e. The van der Waals surface area contributed by atoms with Crippen molar-refractivity contribution in [3.8, 4) is 0 Å². The van der Waals surface area contributed by atoms with E-state index in [0.29, 0.717) is 6.04 Å². The molecule has 88 valence electrons. The summed E-state index contributed by atoms with van der Waals surface area (Å²) in [4.78, 5) is 0. The van der Waals surface area contributed by atoms with Crippen LogP contribution in [0.1, 0.15) is 43.4 Å². The van der Waals surface area contributed by atoms with Gasteiger partial charge in [-0.25, -0.2) is 4.39 Å². The molecule has 16 heavy (non-hydrogen) atoms. The summed E-state index contributed by atoms with van der Waals surface area (Å²) in [6.07, 6.45) is 3.62. The Balaban J connectivity index is 2.16. The molecule has 2 rings (SSSR count). The second kappa shape index (κ2) is 4.96. The van der Waals surface area contributed by atoms with Crippen molar-refractivity contribution in [2.24, 2.45) is 5.92 Å². The lowest BCUT2D eigenvalue weighted by Crippen LogP contribution is -2.31. The van der Waals surface area contributed by atoms with Crippen LogP contribution in [0.2, 0.25) is 0 Å². The summed E-state index contributed by atoms with van der Waals surface area (Å²) < 4.78 is 13.3. The maximum absolute atomic E-state index is 13.3. The predicted octanol–water partition coefficient (Wildman–Crippen LogP) is 3.58. The van der Waals surface area contributed by atoms with Crippen molar-refractivity contribution >= 4 is 0 Å². The smallest absolute Gasteiger partial charge is 0.123 e. The van der Waals surface area contributed by atoms with Gasteiger partial charge in [-0.05, 0) is 55.5 Å². The molecule has 1 aliphatic heterocycles. The predicted molar refractivity (Wildman–Crippen MR) is 64.9 cm³/mol. The highest BCUT2D eigenvalue weighted by Gasteiger charge is 2.21. The summed E-state index contributed by atoms with van der Waals surface area (Å²) >= 11 is 0. The molecule has 0 amide bonds. The van der Waals surface area contributed by atoms with Gasteiger partial charge >= 0.3 is 0 Å². The molecule has 0 bridgehead atoms. The lowest BCUT2D eigenvalue weighted by molar-refractivity contribution is 0.298. The molecule has 1 aromatic rings. The van der Waals surface area contributed by atoms with Gasteiger partial charge in [-0.2, -0.15) is 0 Å². The van der Waals surface area contributed by atoms with Crippen molar-refractivity contribution in [1.82, 2.24) is 5.32 Å². The number of hydrogen-bond acceptors (Lipinski definition) is 1. The molecule has 0 radical (unpaired) electrons. The molecule has 1 fully saturated rings. The van der Waals surface area contributed by atoms with Gasteiger partial charge in [0.25, 0.3) is 0 Å². The molecule has 1 saturated heterocycles. The van der Waals surface area contributed by atoms with Gasteiger partial charge in [0.2, 0.25) is 0 Å². The zero-order valence-corrected chi connectivity index (χ0v) is 10.1. The van der Waals surface area contributed by atoms with Gasteiger partial charge < -0.3 is 5.32 Å². The molecule has 1 aromatic carbocycles. The van der Waals surface area contributed by atoms with Gasteiger partial charge in [-0.15, -0.1) is 0 Å². The second-order valence-electron chi connectivity index (χ2n) is 4.87. The monoisotopic (exact) mass is 221 g/mol. The molecule has 2 heteroatoms. The molecule has 1 N–H and O–H groups in total. The fourth-order valence-corrected chi connectivity index (χ4v) is 2.59. The Kier molecular flexibility index (Phi) is 3.59. The molecule has 0 saturated carbocycles. The van der Waals surface area contributed by atoms with E-state index >= 15 is 0 Å². The second-order valence-corrected chi connectivity index (χ2v) is 4.87. The van der Waals surface area contributed by atoms with E-state index in [0.717, 1.165) is 30.0 Å². The number of rotatable bonds is 2. The zero-order valence-electron chi connectivity index (χ0n) is 10.1. The SMILES string of the molecule is CCC1CCNC(c2cc(C)cc(F)c2)C1. The molecule has 2 unspecified atom stereocenters. The van der Waals surface area contributed by atoms with Gasteiger partial charge in [-0.1, -0.05) is 19.4 Å². The number of benzene rings is 1. The van der Waals surface area contributed by atoms with E-state index in [1.165, 1.54) is 12.8 Å². The number of halogens is 1. The Morgan fingerprint density at radius 2 is 2.19 bits per heavy atom. The first-order valence-electron chi connectivity index (χ1n) is 6.19. The van der Waals surface area contributed by atoms with Gasteiger partial charge in [0, 0.05) is 6.04 Å². The largest absolute Gasteiger partial charge is 0.310 e. The Bertz CT molecular complexity index is 342. The third-order valence-corrected chi connectivity index (χ3v) is 3.56. The van der Waals surface area contributed by atoms with Crippen molar-refractivity contribution in [1.29, 1.82) is 0 Å². The Morgan fingerprint density at radius 3 is 2.88 bits per heavy atom. The van der Waals surface area contributed by atoms with Crippen LogP contribution in [0.3, 0.4) is 0 Å². The van der Waals surface area contributed by atoms with Crippen LogP contribution < -0.4 is 5.32 Å². The minimum atomic E-state index is -0.115. The van der Waals surface area contributed by atoms with Crippen LogP contribution in [0.5, 0.6) is 0 Å². The summed E-state index contributed by atoms with van der Waals surface area (Å²) in [7, 11) is 0.